The van der Waals surface area contributed by atoms with Crippen LogP contribution >= 0.6 is 0 Å². The lowest BCUT2D eigenvalue weighted by Crippen LogP contribution is -2.59. The molecule has 2 saturated heterocycles. The van der Waals surface area contributed by atoms with E-state index in [2.05, 4.69) is 4.90 Å². The van der Waals surface area contributed by atoms with Crippen LogP contribution < -0.4 is 9.47 Å². The Labute approximate surface area is 761 Å². The van der Waals surface area contributed by atoms with Crippen molar-refractivity contribution in [2.24, 2.45) is 0 Å². The zero-order valence-electron chi connectivity index (χ0n) is 80.7. The third-order valence-corrected chi connectivity index (χ3v) is 20.6. The van der Waals surface area contributed by atoms with E-state index in [1.165, 1.54) is 0 Å². The van der Waals surface area contributed by atoms with Crippen molar-refractivity contribution in [3.05, 3.63) is 59.7 Å². The van der Waals surface area contributed by atoms with E-state index in [1.807, 2.05) is 136 Å². The maximum Gasteiger partial charge on any atom is 0.325 e. The topological polar surface area (TPSA) is 391 Å². The summed E-state index contributed by atoms with van der Waals surface area (Å²) >= 11 is 0. The molecule has 0 saturated carbocycles. The summed E-state index contributed by atoms with van der Waals surface area (Å²) in [6.45, 7) is 43.8. The monoisotopic (exact) mass is 1830 g/mol. The van der Waals surface area contributed by atoms with Gasteiger partial charge < -0.3 is 96.2 Å². The van der Waals surface area contributed by atoms with E-state index in [-0.39, 0.29) is 177 Å². The second kappa shape index (κ2) is 62.5. The average Bonchev–Trinajstić information content (AvgIpc) is 0.827. The number of carbonyl (C=O) groups excluding carboxylic acids is 7. The molecule has 0 aromatic heterocycles. The molecule has 2 aromatic rings. The molecule has 0 radical (unpaired) electrons. The van der Waals surface area contributed by atoms with Gasteiger partial charge in [0.15, 0.2) is 0 Å². The first kappa shape index (κ1) is 115. The number of rotatable bonds is 51. The Bertz CT molecular complexity index is 3320. The van der Waals surface area contributed by atoms with Gasteiger partial charge in [-0.15, -0.1) is 0 Å². The van der Waals surface area contributed by atoms with Crippen molar-refractivity contribution in [1.29, 1.82) is 0 Å². The molecule has 0 amide bonds. The maximum atomic E-state index is 14.7. The fourth-order valence-corrected chi connectivity index (χ4v) is 14.0. The van der Waals surface area contributed by atoms with Crippen LogP contribution in [0.4, 0.5) is 0 Å². The van der Waals surface area contributed by atoms with Gasteiger partial charge in [-0.3, -0.25) is 77.6 Å². The number of nitrogens with zero attached hydrogens (tertiary/aromatic N) is 8. The summed E-state index contributed by atoms with van der Waals surface area (Å²) in [5.41, 5.74) is -0.946. The van der Waals surface area contributed by atoms with Gasteiger partial charge in [0, 0.05) is 118 Å². The van der Waals surface area contributed by atoms with Gasteiger partial charge in [-0.1, -0.05) is 24.3 Å². The van der Waals surface area contributed by atoms with Gasteiger partial charge in [-0.25, -0.2) is 0 Å². The highest BCUT2D eigenvalue weighted by Gasteiger charge is 2.41. The minimum Gasteiger partial charge on any atom is -0.491 e. The summed E-state index contributed by atoms with van der Waals surface area (Å²) in [6.07, 6.45) is 0.381. The third-order valence-electron chi connectivity index (χ3n) is 20.6. The van der Waals surface area contributed by atoms with E-state index in [0.717, 1.165) is 11.1 Å². The van der Waals surface area contributed by atoms with Gasteiger partial charge in [-0.2, -0.15) is 0 Å². The van der Waals surface area contributed by atoms with Crippen molar-refractivity contribution in [2.45, 2.75) is 222 Å². The van der Waals surface area contributed by atoms with E-state index >= 15 is 0 Å². The second-order valence-electron chi connectivity index (χ2n) is 34.6. The Morgan fingerprint density at radius 3 is 0.727 bits per heavy atom. The number of aliphatic carboxylic acids is 1. The van der Waals surface area contributed by atoms with Gasteiger partial charge in [0.1, 0.15) is 78.6 Å². The molecule has 2 aliphatic rings. The standard InChI is InChI=1S/C54H96N4O14.C38H64N4O14/c1-17-63-33-34-64-35-36-68-42-23-21-41(22-24-42)37-43(50(62)72-54(14,15)16)55-25-27-56(44(47(59)65-18-2)38-69-51(5,6)7)29-31-58(46(49(61)67-20-4)40-71-53(11,12)13)32-30-57(28-26-55)45(48(60)66-19-3)39-70-52(8,9)10;1-5-51-21-22-52-23-24-56-30-11-9-29(10-12-30)25-31(35(46)47)39-13-15-40(32(26-43)36(48)53-6-2)17-19-42(34(28-45)38(50)55-8-4)20-18-41(16-14-39)33(27-44)37(49)54-7-3/h21-24,43-46H,17-20,25-40H2,1-16H3;9-12,31-34,43-45H,5-8,13-28H2,1-4H3,(H,46,47). The minimum atomic E-state index is -1.10. The fourth-order valence-electron chi connectivity index (χ4n) is 14.0. The van der Waals surface area contributed by atoms with Crippen LogP contribution in [0.15, 0.2) is 48.5 Å². The lowest BCUT2D eigenvalue weighted by atomic mass is 10.0. The summed E-state index contributed by atoms with van der Waals surface area (Å²) in [5.74, 6) is -3.60. The molecule has 36 nitrogen and oxygen atoms in total. The van der Waals surface area contributed by atoms with Crippen molar-refractivity contribution in [3.63, 3.8) is 0 Å². The van der Waals surface area contributed by atoms with Gasteiger partial charge in [0.25, 0.3) is 0 Å². The first-order valence-corrected chi connectivity index (χ1v) is 45.7. The quantitative estimate of drug-likeness (QED) is 0.0387. The van der Waals surface area contributed by atoms with Crippen LogP contribution in [0.5, 0.6) is 11.5 Å². The zero-order chi connectivity index (χ0) is 95.4. The average molecular weight is 1830 g/mol. The number of carboxylic acid groups (broad SMARTS) is 1. The normalized spacial score (nSPS) is 17.6. The molecule has 2 heterocycles. The summed E-state index contributed by atoms with van der Waals surface area (Å²) < 4.78 is 91.4. The molecule has 736 valence electrons. The number of carboxylic acids is 1. The number of carbonyl (C=O) groups is 8. The second-order valence-corrected chi connectivity index (χ2v) is 34.6. The Kier molecular flexibility index (Phi) is 56.3. The number of esters is 7. The number of benzene rings is 2. The molecule has 36 heteroatoms. The molecule has 0 bridgehead atoms. The molecule has 0 spiro atoms. The Morgan fingerprint density at radius 2 is 0.500 bits per heavy atom. The van der Waals surface area contributed by atoms with Crippen LogP contribution in [-0.4, -0.2) is 428 Å². The Morgan fingerprint density at radius 1 is 0.281 bits per heavy atom. The smallest absolute Gasteiger partial charge is 0.325 e. The van der Waals surface area contributed by atoms with E-state index in [4.69, 9.17) is 75.8 Å². The summed E-state index contributed by atoms with van der Waals surface area (Å²) in [5, 5.41) is 41.7. The van der Waals surface area contributed by atoms with Crippen molar-refractivity contribution in [2.75, 3.05) is 250 Å². The van der Waals surface area contributed by atoms with Crippen molar-refractivity contribution in [3.8, 4) is 11.5 Å². The molecule has 2 fully saturated rings. The van der Waals surface area contributed by atoms with Crippen LogP contribution in [0, 0.1) is 0 Å². The van der Waals surface area contributed by atoms with Crippen LogP contribution in [0.2, 0.25) is 0 Å². The number of aliphatic hydroxyl groups is 3. The van der Waals surface area contributed by atoms with Gasteiger partial charge in [0.05, 0.1) is 136 Å². The van der Waals surface area contributed by atoms with Crippen LogP contribution in [0.3, 0.4) is 0 Å². The maximum absolute atomic E-state index is 14.7. The van der Waals surface area contributed by atoms with E-state index in [0.29, 0.717) is 77.6 Å². The highest BCUT2D eigenvalue weighted by atomic mass is 16.6. The first-order valence-electron chi connectivity index (χ1n) is 45.7. The Balaban J connectivity index is 0.000000681. The molecule has 4 N–H and O–H groups in total. The molecule has 4 rings (SSSR count). The number of ether oxygens (including phenoxy) is 16. The number of aliphatic hydroxyl groups excluding tert-OH is 3. The van der Waals surface area contributed by atoms with Gasteiger partial charge in [0.2, 0.25) is 0 Å². The fraction of sp³-hybridized carbons (Fsp3) is 0.783. The van der Waals surface area contributed by atoms with Gasteiger partial charge >= 0.3 is 47.8 Å². The molecule has 8 unspecified atom stereocenters. The van der Waals surface area contributed by atoms with Crippen LogP contribution in [-0.2, 0) is 118 Å². The summed E-state index contributed by atoms with van der Waals surface area (Å²) in [6, 6.07) is 7.06. The summed E-state index contributed by atoms with van der Waals surface area (Å²) in [7, 11) is 0. The van der Waals surface area contributed by atoms with Crippen molar-refractivity contribution < 1.29 is 135 Å². The first-order chi connectivity index (χ1) is 60.8. The van der Waals surface area contributed by atoms with Crippen LogP contribution in [0.1, 0.15) is 150 Å². The Hall–Kier alpha value is -6.92. The predicted molar refractivity (Wildman–Crippen MR) is 480 cm³/mol. The SMILES string of the molecule is CCOCCOCCOc1ccc(CC(C(=O)O)N2CCN(C(CO)C(=O)OCC)CCN(C(CO)C(=O)OCC)CCN(C(CO)C(=O)OCC)CC2)cc1.CCOCCOCCOc1ccc(CC(C(=O)OC(C)(C)C)N2CCN(C(COC(C)(C)C)C(=O)OCC)CCN(C(COC(C)(C)C)C(=O)OCC)CCN(C(COC(C)(C)C)C(=O)OCC)CC2)cc1. The molecule has 128 heavy (non-hydrogen) atoms. The molecular weight excluding hydrogens is 1670 g/mol. The predicted octanol–water partition coefficient (Wildman–Crippen LogP) is 4.94. The molecule has 2 aromatic carbocycles. The van der Waals surface area contributed by atoms with E-state index in [9.17, 15) is 58.8 Å². The highest BCUT2D eigenvalue weighted by Crippen LogP contribution is 2.25. The number of hydrogen-bond acceptors (Lipinski definition) is 35. The van der Waals surface area contributed by atoms with Gasteiger partial charge in [-0.05, 0) is 187 Å². The number of hydrogen-bond donors (Lipinski definition) is 4. The molecule has 2 aliphatic heterocycles. The summed E-state index contributed by atoms with van der Waals surface area (Å²) in [4.78, 5) is 124. The molecule has 0 aliphatic carbocycles. The van der Waals surface area contributed by atoms with Crippen molar-refractivity contribution >= 4 is 47.8 Å². The molecular formula is C92H160N8O28. The van der Waals surface area contributed by atoms with Crippen molar-refractivity contribution in [1.82, 2.24) is 39.2 Å². The van der Waals surface area contributed by atoms with E-state index < -0.39 is 138 Å². The third kappa shape index (κ3) is 46.0. The van der Waals surface area contributed by atoms with E-state index in [1.54, 1.807) is 85.4 Å². The lowest BCUT2D eigenvalue weighted by Gasteiger charge is -2.41. The largest absolute Gasteiger partial charge is 0.491 e. The lowest BCUT2D eigenvalue weighted by molar-refractivity contribution is -0.163. The zero-order valence-corrected chi connectivity index (χ0v) is 80.7. The minimum absolute atomic E-state index is 0.0306. The molecule has 8 atom stereocenters. The van der Waals surface area contributed by atoms with Crippen LogP contribution in [0.25, 0.3) is 0 Å². The highest BCUT2D eigenvalue weighted by molar-refractivity contribution is 5.79.